The van der Waals surface area contributed by atoms with Gasteiger partial charge in [-0.25, -0.2) is 0 Å². The zero-order valence-corrected chi connectivity index (χ0v) is 25.8. The summed E-state index contributed by atoms with van der Waals surface area (Å²) in [7, 11) is 4.21. The van der Waals surface area contributed by atoms with E-state index >= 15 is 0 Å². The number of benzene rings is 1. The van der Waals surface area contributed by atoms with Crippen molar-refractivity contribution in [2.45, 2.75) is 72.0 Å². The molecule has 1 saturated heterocycles. The second-order valence-electron chi connectivity index (χ2n) is 11.8. The third-order valence-electron chi connectivity index (χ3n) is 8.87. The van der Waals surface area contributed by atoms with Crippen molar-refractivity contribution < 1.29 is 4.79 Å². The maximum absolute atomic E-state index is 13.6. The summed E-state index contributed by atoms with van der Waals surface area (Å²) in [5.74, 6) is 6.59. The summed E-state index contributed by atoms with van der Waals surface area (Å²) in [6.45, 7) is 13.9. The van der Waals surface area contributed by atoms with E-state index in [4.69, 9.17) is 0 Å². The van der Waals surface area contributed by atoms with Crippen LogP contribution >= 0.6 is 0 Å². The summed E-state index contributed by atoms with van der Waals surface area (Å²) in [6.07, 6.45) is 4.54. The van der Waals surface area contributed by atoms with Gasteiger partial charge in [-0.15, -0.1) is 0 Å². The Balaban J connectivity index is 1.62. The van der Waals surface area contributed by atoms with Gasteiger partial charge in [0.1, 0.15) is 0 Å². The summed E-state index contributed by atoms with van der Waals surface area (Å²) in [5.41, 5.74) is 5.64. The molecule has 1 amide bonds. The summed E-state index contributed by atoms with van der Waals surface area (Å²) in [6, 6.07) is 7.04. The minimum absolute atomic E-state index is 0.155. The van der Waals surface area contributed by atoms with Crippen LogP contribution in [0.15, 0.2) is 23.0 Å². The lowest BCUT2D eigenvalue weighted by molar-refractivity contribution is 0.0950. The number of aryl methyl sites for hydroxylation is 2. The van der Waals surface area contributed by atoms with E-state index in [9.17, 15) is 9.59 Å². The van der Waals surface area contributed by atoms with Crippen molar-refractivity contribution in [2.24, 2.45) is 0 Å². The molecule has 2 aromatic rings. The van der Waals surface area contributed by atoms with Gasteiger partial charge in [-0.1, -0.05) is 11.8 Å². The molecule has 2 fully saturated rings. The Morgan fingerprint density at radius 2 is 1.78 bits per heavy atom. The van der Waals surface area contributed by atoms with E-state index in [0.717, 1.165) is 93.0 Å². The molecule has 0 bridgehead atoms. The smallest absolute Gasteiger partial charge is 0.253 e. The molecule has 0 radical (unpaired) electrons. The molecule has 0 spiro atoms. The Morgan fingerprint density at radius 1 is 1.07 bits per heavy atom. The number of amides is 1. The first-order valence-electron chi connectivity index (χ1n) is 15.2. The summed E-state index contributed by atoms with van der Waals surface area (Å²) in [4.78, 5) is 36.2. The molecule has 2 heterocycles. The Kier molecular flexibility index (Phi) is 10.7. The first kappa shape index (κ1) is 30.8. The van der Waals surface area contributed by atoms with Gasteiger partial charge in [-0.2, -0.15) is 0 Å². The molecule has 0 unspecified atom stereocenters. The van der Waals surface area contributed by atoms with Crippen LogP contribution in [0, 0.1) is 32.6 Å². The summed E-state index contributed by atoms with van der Waals surface area (Å²) < 4.78 is 0. The molecule has 8 heteroatoms. The highest BCUT2D eigenvalue weighted by atomic mass is 16.1. The minimum Gasteiger partial charge on any atom is -0.369 e. The van der Waals surface area contributed by atoms with Gasteiger partial charge in [0.25, 0.3) is 11.5 Å². The van der Waals surface area contributed by atoms with Crippen LogP contribution in [0.4, 0.5) is 5.69 Å². The van der Waals surface area contributed by atoms with Crippen LogP contribution in [-0.2, 0) is 6.54 Å². The lowest BCUT2D eigenvalue weighted by Gasteiger charge is -2.39. The fourth-order valence-electron chi connectivity index (χ4n) is 6.23. The number of pyridine rings is 1. The largest absolute Gasteiger partial charge is 0.369 e. The van der Waals surface area contributed by atoms with Crippen molar-refractivity contribution >= 4 is 11.6 Å². The number of likely N-dealkylation sites (N-methyl/N-ethyl adjacent to an activating group) is 1. The Labute approximate surface area is 245 Å². The Morgan fingerprint density at radius 3 is 2.41 bits per heavy atom. The summed E-state index contributed by atoms with van der Waals surface area (Å²) >= 11 is 0. The number of nitrogens with zero attached hydrogens (tertiary/aromatic N) is 3. The molecule has 4 rings (SSSR count). The number of H-pyrrole nitrogens is 1. The number of nitrogens with one attached hydrogen (secondary N) is 3. The average Bonchev–Trinajstić information content (AvgIpc) is 2.95. The lowest BCUT2D eigenvalue weighted by Crippen LogP contribution is -2.44. The molecule has 41 heavy (non-hydrogen) atoms. The molecule has 0 atom stereocenters. The number of piperazine rings is 1. The Bertz CT molecular complexity index is 1320. The Hall–Kier alpha value is -3.12. The highest BCUT2D eigenvalue weighted by molar-refractivity contribution is 5.97. The van der Waals surface area contributed by atoms with Gasteiger partial charge in [0.05, 0.1) is 6.54 Å². The molecule has 1 saturated carbocycles. The van der Waals surface area contributed by atoms with Gasteiger partial charge in [0.15, 0.2) is 0 Å². The van der Waals surface area contributed by atoms with Gasteiger partial charge in [-0.05, 0) is 96.8 Å². The van der Waals surface area contributed by atoms with E-state index in [-0.39, 0.29) is 18.0 Å². The number of carbonyl (C=O) groups is 1. The highest BCUT2D eigenvalue weighted by Crippen LogP contribution is 2.32. The van der Waals surface area contributed by atoms with Crippen LogP contribution in [0.2, 0.25) is 0 Å². The van der Waals surface area contributed by atoms with Crippen molar-refractivity contribution in [1.82, 2.24) is 25.4 Å². The van der Waals surface area contributed by atoms with Crippen LogP contribution < -0.4 is 21.1 Å². The first-order valence-corrected chi connectivity index (χ1v) is 15.2. The SMILES string of the molecule is CCN(c1cc(C#CCN2CCN(C)CC2)cc(C(=O)NCc2c(C)cc(C)[nH]c2=O)c1C)[C@H]1CC[C@H](NC)CC1. The molecule has 1 aromatic heterocycles. The fraction of sp³-hybridized carbons (Fsp3) is 0.576. The molecule has 1 aliphatic carbocycles. The van der Waals surface area contributed by atoms with Crippen LogP contribution in [-0.4, -0.2) is 86.1 Å². The number of anilines is 1. The van der Waals surface area contributed by atoms with Gasteiger partial charge in [0.2, 0.25) is 0 Å². The predicted molar refractivity (Wildman–Crippen MR) is 168 cm³/mol. The molecule has 222 valence electrons. The number of carbonyl (C=O) groups excluding carboxylic acids is 1. The number of aromatic nitrogens is 1. The zero-order chi connectivity index (χ0) is 29.5. The van der Waals surface area contributed by atoms with Gasteiger partial charge in [-0.3, -0.25) is 14.5 Å². The number of aromatic amines is 1. The third kappa shape index (κ3) is 7.79. The monoisotopic (exact) mass is 560 g/mol. The van der Waals surface area contributed by atoms with Crippen LogP contribution in [0.25, 0.3) is 0 Å². The molecule has 1 aromatic carbocycles. The van der Waals surface area contributed by atoms with E-state index in [0.29, 0.717) is 23.2 Å². The average molecular weight is 561 g/mol. The van der Waals surface area contributed by atoms with E-state index in [1.807, 2.05) is 40.0 Å². The minimum atomic E-state index is -0.180. The van der Waals surface area contributed by atoms with Crippen LogP contribution in [0.1, 0.15) is 70.9 Å². The molecular formula is C33H48N6O2. The van der Waals surface area contributed by atoms with E-state index in [2.05, 4.69) is 62.2 Å². The zero-order valence-electron chi connectivity index (χ0n) is 25.8. The topological polar surface area (TPSA) is 83.7 Å². The number of rotatable bonds is 8. The highest BCUT2D eigenvalue weighted by Gasteiger charge is 2.27. The maximum atomic E-state index is 13.6. The molecule has 8 nitrogen and oxygen atoms in total. The van der Waals surface area contributed by atoms with Crippen LogP contribution in [0.3, 0.4) is 0 Å². The molecule has 1 aliphatic heterocycles. The first-order chi connectivity index (χ1) is 19.7. The second-order valence-corrected chi connectivity index (χ2v) is 11.8. The van der Waals surface area contributed by atoms with E-state index in [1.165, 1.54) is 0 Å². The molecular weight excluding hydrogens is 512 g/mol. The van der Waals surface area contributed by atoms with Crippen molar-refractivity contribution in [3.63, 3.8) is 0 Å². The van der Waals surface area contributed by atoms with Gasteiger partial charge >= 0.3 is 0 Å². The predicted octanol–water partition coefficient (Wildman–Crippen LogP) is 3.19. The molecule has 2 aliphatic rings. The normalized spacial score (nSPS) is 19.9. The fourth-order valence-corrected chi connectivity index (χ4v) is 6.23. The quantitative estimate of drug-likeness (QED) is 0.430. The number of hydrogen-bond donors (Lipinski definition) is 3. The second kappa shape index (κ2) is 14.2. The lowest BCUT2D eigenvalue weighted by atomic mass is 9.89. The number of hydrogen-bond acceptors (Lipinski definition) is 6. The van der Waals surface area contributed by atoms with E-state index in [1.54, 1.807) is 0 Å². The third-order valence-corrected chi connectivity index (χ3v) is 8.87. The van der Waals surface area contributed by atoms with Gasteiger partial charge in [0, 0.05) is 79.4 Å². The maximum Gasteiger partial charge on any atom is 0.253 e. The standard InChI is InChI=1S/C33H48N6O2/c1-7-39(28-12-10-27(34-5)11-13-28)31-21-26(9-8-14-38-17-15-37(6)16-18-38)20-29(25(31)4)32(40)35-22-30-23(2)19-24(3)36-33(30)41/h19-21,27-28,34H,7,10-18,22H2,1-6H3,(H,35,40)(H,36,41)/t27-,28-. The van der Waals surface area contributed by atoms with Crippen molar-refractivity contribution in [3.8, 4) is 11.8 Å². The van der Waals surface area contributed by atoms with Crippen molar-refractivity contribution in [3.05, 3.63) is 62.1 Å². The summed E-state index contributed by atoms with van der Waals surface area (Å²) in [5, 5.41) is 6.46. The van der Waals surface area contributed by atoms with Gasteiger partial charge < -0.3 is 25.4 Å². The molecule has 3 N–H and O–H groups in total. The van der Waals surface area contributed by atoms with Crippen LogP contribution in [0.5, 0.6) is 0 Å². The van der Waals surface area contributed by atoms with E-state index < -0.39 is 0 Å². The van der Waals surface area contributed by atoms with Crippen molar-refractivity contribution in [2.75, 3.05) is 58.3 Å². The van der Waals surface area contributed by atoms with Crippen molar-refractivity contribution in [1.29, 1.82) is 0 Å².